The second-order valence-corrected chi connectivity index (χ2v) is 6.78. The zero-order chi connectivity index (χ0) is 13.2. The maximum atomic E-state index is 10.4. The first kappa shape index (κ1) is 13.6. The highest BCUT2D eigenvalue weighted by Gasteiger charge is 2.52. The van der Waals surface area contributed by atoms with E-state index in [-0.39, 0.29) is 0 Å². The number of hydrogen-bond donors (Lipinski definition) is 1. The van der Waals surface area contributed by atoms with E-state index in [0.717, 1.165) is 30.6 Å². The Morgan fingerprint density at radius 3 is 2.44 bits per heavy atom. The van der Waals surface area contributed by atoms with Crippen LogP contribution in [0.15, 0.2) is 12.2 Å². The van der Waals surface area contributed by atoms with Crippen molar-refractivity contribution >= 4 is 5.97 Å². The summed E-state index contributed by atoms with van der Waals surface area (Å²) in [5.41, 5.74) is 0.613. The van der Waals surface area contributed by atoms with Crippen LogP contribution in [-0.2, 0) is 4.79 Å². The largest absolute Gasteiger partial charge is 0.481 e. The number of carbonyl (C=O) groups is 1. The van der Waals surface area contributed by atoms with Crippen LogP contribution in [0.5, 0.6) is 0 Å². The van der Waals surface area contributed by atoms with Gasteiger partial charge in [-0.25, -0.2) is 0 Å². The zero-order valence-electron chi connectivity index (χ0n) is 11.7. The first-order valence-electron chi connectivity index (χ1n) is 7.37. The minimum absolute atomic E-state index is 0.298. The molecule has 0 aliphatic heterocycles. The molecule has 0 aromatic rings. The molecule has 2 bridgehead atoms. The predicted molar refractivity (Wildman–Crippen MR) is 73.3 cm³/mol. The molecule has 0 spiro atoms. The molecule has 3 fully saturated rings. The lowest BCUT2D eigenvalue weighted by Gasteiger charge is -2.59. The summed E-state index contributed by atoms with van der Waals surface area (Å²) in [6, 6.07) is 0. The SMILES string of the molecule is CC1(C)[C@@H]2C[C@@H](C/C=C\CCCC(=O)O)C[C@H]1C2. The van der Waals surface area contributed by atoms with Gasteiger partial charge in [-0.05, 0) is 61.7 Å². The summed E-state index contributed by atoms with van der Waals surface area (Å²) < 4.78 is 0. The average Bonchev–Trinajstić information content (AvgIpc) is 2.33. The molecule has 3 saturated carbocycles. The molecule has 0 saturated heterocycles. The van der Waals surface area contributed by atoms with Crippen LogP contribution in [0.2, 0.25) is 0 Å². The van der Waals surface area contributed by atoms with Gasteiger partial charge >= 0.3 is 5.97 Å². The molecular formula is C16H26O2. The first-order chi connectivity index (χ1) is 8.50. The highest BCUT2D eigenvalue weighted by molar-refractivity contribution is 5.66. The van der Waals surface area contributed by atoms with Gasteiger partial charge in [0.1, 0.15) is 0 Å². The topological polar surface area (TPSA) is 37.3 Å². The Balaban J connectivity index is 1.61. The van der Waals surface area contributed by atoms with Gasteiger partial charge in [0.15, 0.2) is 0 Å². The van der Waals surface area contributed by atoms with Crippen molar-refractivity contribution in [2.45, 2.75) is 58.8 Å². The molecule has 1 N–H and O–H groups in total. The molecule has 102 valence electrons. The molecule has 0 aromatic carbocycles. The van der Waals surface area contributed by atoms with Gasteiger partial charge in [-0.1, -0.05) is 26.0 Å². The second-order valence-electron chi connectivity index (χ2n) is 6.78. The van der Waals surface area contributed by atoms with Crippen molar-refractivity contribution in [2.75, 3.05) is 0 Å². The minimum Gasteiger partial charge on any atom is -0.481 e. The monoisotopic (exact) mass is 250 g/mol. The Morgan fingerprint density at radius 1 is 1.22 bits per heavy atom. The summed E-state index contributed by atoms with van der Waals surface area (Å²) >= 11 is 0. The summed E-state index contributed by atoms with van der Waals surface area (Å²) in [5, 5.41) is 8.53. The van der Waals surface area contributed by atoms with Crippen LogP contribution >= 0.6 is 0 Å². The van der Waals surface area contributed by atoms with Gasteiger partial charge in [0.05, 0.1) is 0 Å². The van der Waals surface area contributed by atoms with E-state index < -0.39 is 5.97 Å². The van der Waals surface area contributed by atoms with Crippen molar-refractivity contribution in [3.63, 3.8) is 0 Å². The van der Waals surface area contributed by atoms with Crippen molar-refractivity contribution in [3.05, 3.63) is 12.2 Å². The molecule has 0 radical (unpaired) electrons. The number of fused-ring (bicyclic) bond motifs is 2. The Kier molecular flexibility index (Phi) is 4.14. The number of hydrogen-bond acceptors (Lipinski definition) is 1. The van der Waals surface area contributed by atoms with Crippen LogP contribution in [0.3, 0.4) is 0 Å². The fraction of sp³-hybridized carbons (Fsp3) is 0.812. The fourth-order valence-electron chi connectivity index (χ4n) is 3.79. The Morgan fingerprint density at radius 2 is 1.89 bits per heavy atom. The molecule has 0 heterocycles. The van der Waals surface area contributed by atoms with Crippen molar-refractivity contribution in [3.8, 4) is 0 Å². The van der Waals surface area contributed by atoms with E-state index in [2.05, 4.69) is 26.0 Å². The average molecular weight is 250 g/mol. The molecule has 0 amide bonds. The van der Waals surface area contributed by atoms with Gasteiger partial charge in [0, 0.05) is 6.42 Å². The third-order valence-electron chi connectivity index (χ3n) is 5.31. The van der Waals surface area contributed by atoms with E-state index in [4.69, 9.17) is 5.11 Å². The Labute approximate surface area is 110 Å². The maximum Gasteiger partial charge on any atom is 0.303 e. The van der Waals surface area contributed by atoms with Crippen molar-refractivity contribution in [1.82, 2.24) is 0 Å². The lowest BCUT2D eigenvalue weighted by Crippen LogP contribution is -2.50. The third kappa shape index (κ3) is 2.96. The van der Waals surface area contributed by atoms with Gasteiger partial charge < -0.3 is 5.11 Å². The molecule has 0 unspecified atom stereocenters. The summed E-state index contributed by atoms with van der Waals surface area (Å²) in [5.74, 6) is 2.12. The van der Waals surface area contributed by atoms with Gasteiger partial charge in [-0.2, -0.15) is 0 Å². The van der Waals surface area contributed by atoms with Crippen LogP contribution in [0.1, 0.15) is 58.8 Å². The quantitative estimate of drug-likeness (QED) is 0.565. The normalized spacial score (nSPS) is 33.3. The molecule has 18 heavy (non-hydrogen) atoms. The smallest absolute Gasteiger partial charge is 0.303 e. The van der Waals surface area contributed by atoms with Gasteiger partial charge in [0.25, 0.3) is 0 Å². The van der Waals surface area contributed by atoms with E-state index in [1.54, 1.807) is 0 Å². The molecule has 3 rings (SSSR count). The third-order valence-corrected chi connectivity index (χ3v) is 5.31. The van der Waals surface area contributed by atoms with E-state index in [9.17, 15) is 4.79 Å². The molecule has 2 heteroatoms. The standard InChI is InChI=1S/C16H26O2/c1-16(2)13-9-12(10-14(16)11-13)7-5-3-4-6-8-15(17)18/h3,5,12-14H,4,6-11H2,1-2H3,(H,17,18)/b5-3-/t12-,13-,14+. The van der Waals surface area contributed by atoms with Crippen LogP contribution in [-0.4, -0.2) is 11.1 Å². The number of allylic oxidation sites excluding steroid dienone is 2. The number of carboxylic acids is 1. The Bertz CT molecular complexity index is 316. The summed E-state index contributed by atoms with van der Waals surface area (Å²) in [6.07, 6.45) is 11.9. The van der Waals surface area contributed by atoms with Gasteiger partial charge in [-0.15, -0.1) is 0 Å². The van der Waals surface area contributed by atoms with Crippen LogP contribution in [0, 0.1) is 23.2 Å². The lowest BCUT2D eigenvalue weighted by atomic mass is 9.46. The van der Waals surface area contributed by atoms with Crippen molar-refractivity contribution in [2.24, 2.45) is 23.2 Å². The van der Waals surface area contributed by atoms with Crippen molar-refractivity contribution in [1.29, 1.82) is 0 Å². The Hall–Kier alpha value is -0.790. The van der Waals surface area contributed by atoms with Gasteiger partial charge in [-0.3, -0.25) is 4.79 Å². The molecular weight excluding hydrogens is 224 g/mol. The van der Waals surface area contributed by atoms with E-state index in [1.165, 1.54) is 25.7 Å². The first-order valence-corrected chi connectivity index (χ1v) is 7.37. The van der Waals surface area contributed by atoms with E-state index >= 15 is 0 Å². The zero-order valence-corrected chi connectivity index (χ0v) is 11.7. The van der Waals surface area contributed by atoms with Crippen LogP contribution in [0.4, 0.5) is 0 Å². The second kappa shape index (κ2) is 5.46. The predicted octanol–water partition coefficient (Wildman–Crippen LogP) is 4.26. The molecule has 3 aliphatic carbocycles. The molecule has 0 aromatic heterocycles. The van der Waals surface area contributed by atoms with Crippen LogP contribution < -0.4 is 0 Å². The number of aliphatic carboxylic acids is 1. The van der Waals surface area contributed by atoms with E-state index in [0.29, 0.717) is 11.8 Å². The summed E-state index contributed by atoms with van der Waals surface area (Å²) in [6.45, 7) is 4.87. The number of unbranched alkanes of at least 4 members (excludes halogenated alkanes) is 1. The molecule has 3 atom stereocenters. The van der Waals surface area contributed by atoms with Crippen LogP contribution in [0.25, 0.3) is 0 Å². The van der Waals surface area contributed by atoms with Crippen molar-refractivity contribution < 1.29 is 9.90 Å². The number of carboxylic acid groups (broad SMARTS) is 1. The van der Waals surface area contributed by atoms with Gasteiger partial charge in [0.2, 0.25) is 0 Å². The summed E-state index contributed by atoms with van der Waals surface area (Å²) in [7, 11) is 0. The number of rotatable bonds is 6. The highest BCUT2D eigenvalue weighted by atomic mass is 16.4. The molecule has 2 nitrogen and oxygen atoms in total. The fourth-order valence-corrected chi connectivity index (χ4v) is 3.79. The van der Waals surface area contributed by atoms with E-state index in [1.807, 2.05) is 0 Å². The minimum atomic E-state index is -0.682. The maximum absolute atomic E-state index is 10.4. The highest BCUT2D eigenvalue weighted by Crippen LogP contribution is 2.61. The molecule has 3 aliphatic rings. The summed E-state index contributed by atoms with van der Waals surface area (Å²) in [4.78, 5) is 10.4. The lowest BCUT2D eigenvalue weighted by molar-refractivity contribution is -0.137.